The zero-order valence-electron chi connectivity index (χ0n) is 12.5. The fourth-order valence-corrected chi connectivity index (χ4v) is 2.60. The SMILES string of the molecule is CC(CN(C)CC1CCC1)C(=O)OCc1ccccc1. The molecule has 3 nitrogen and oxygen atoms in total. The predicted molar refractivity (Wildman–Crippen MR) is 80.2 cm³/mol. The van der Waals surface area contributed by atoms with Crippen LogP contribution in [0.4, 0.5) is 0 Å². The molecule has 0 heterocycles. The minimum Gasteiger partial charge on any atom is -0.461 e. The minimum absolute atomic E-state index is 0.0659. The van der Waals surface area contributed by atoms with E-state index in [4.69, 9.17) is 4.74 Å². The molecule has 1 fully saturated rings. The molecule has 0 radical (unpaired) electrons. The van der Waals surface area contributed by atoms with Crippen LogP contribution in [0, 0.1) is 11.8 Å². The Hall–Kier alpha value is -1.35. The summed E-state index contributed by atoms with van der Waals surface area (Å²) in [5, 5.41) is 0. The fraction of sp³-hybridized carbons (Fsp3) is 0.588. The van der Waals surface area contributed by atoms with Crippen LogP contribution in [0.25, 0.3) is 0 Å². The summed E-state index contributed by atoms with van der Waals surface area (Å²) < 4.78 is 5.37. The zero-order valence-corrected chi connectivity index (χ0v) is 12.5. The van der Waals surface area contributed by atoms with E-state index in [0.29, 0.717) is 6.61 Å². The monoisotopic (exact) mass is 275 g/mol. The lowest BCUT2D eigenvalue weighted by atomic mass is 9.85. The first-order valence-electron chi connectivity index (χ1n) is 7.54. The van der Waals surface area contributed by atoms with Gasteiger partial charge in [0.1, 0.15) is 6.61 Å². The molecule has 0 amide bonds. The van der Waals surface area contributed by atoms with E-state index in [0.717, 1.165) is 24.6 Å². The molecule has 2 rings (SSSR count). The van der Waals surface area contributed by atoms with Crippen molar-refractivity contribution in [3.63, 3.8) is 0 Å². The molecule has 1 aliphatic carbocycles. The van der Waals surface area contributed by atoms with Crippen LogP contribution in [0.1, 0.15) is 31.7 Å². The van der Waals surface area contributed by atoms with Gasteiger partial charge in [-0.2, -0.15) is 0 Å². The number of carbonyl (C=O) groups is 1. The standard InChI is InChI=1S/C17H25NO2/c1-14(11-18(2)12-15-9-6-10-15)17(19)20-13-16-7-4-3-5-8-16/h3-5,7-8,14-15H,6,9-13H2,1-2H3. The third-order valence-corrected chi connectivity index (χ3v) is 4.01. The van der Waals surface area contributed by atoms with E-state index < -0.39 is 0 Å². The second-order valence-electron chi connectivity index (χ2n) is 6.01. The Morgan fingerprint density at radius 2 is 2.05 bits per heavy atom. The largest absolute Gasteiger partial charge is 0.461 e. The summed E-state index contributed by atoms with van der Waals surface area (Å²) in [7, 11) is 2.10. The molecule has 0 aromatic heterocycles. The van der Waals surface area contributed by atoms with Gasteiger partial charge in [0.25, 0.3) is 0 Å². The molecule has 1 aromatic rings. The van der Waals surface area contributed by atoms with Crippen LogP contribution in [0.5, 0.6) is 0 Å². The molecule has 3 heteroatoms. The summed E-state index contributed by atoms with van der Waals surface area (Å²) in [4.78, 5) is 14.2. The Labute approximate surface area is 121 Å². The van der Waals surface area contributed by atoms with Gasteiger partial charge in [0.15, 0.2) is 0 Å². The highest BCUT2D eigenvalue weighted by Gasteiger charge is 2.22. The van der Waals surface area contributed by atoms with Crippen molar-refractivity contribution in [3.05, 3.63) is 35.9 Å². The van der Waals surface area contributed by atoms with Gasteiger partial charge in [-0.05, 0) is 31.4 Å². The van der Waals surface area contributed by atoms with E-state index >= 15 is 0 Å². The summed E-state index contributed by atoms with van der Waals surface area (Å²) >= 11 is 0. The summed E-state index contributed by atoms with van der Waals surface area (Å²) in [5.74, 6) is 0.672. The molecular formula is C17H25NO2. The predicted octanol–water partition coefficient (Wildman–Crippen LogP) is 3.10. The van der Waals surface area contributed by atoms with Gasteiger partial charge in [0.2, 0.25) is 0 Å². The third-order valence-electron chi connectivity index (χ3n) is 4.01. The van der Waals surface area contributed by atoms with Gasteiger partial charge in [0.05, 0.1) is 5.92 Å². The first-order chi connectivity index (χ1) is 9.65. The Morgan fingerprint density at radius 3 is 2.65 bits per heavy atom. The molecule has 1 unspecified atom stereocenters. The maximum absolute atomic E-state index is 12.0. The lowest BCUT2D eigenvalue weighted by molar-refractivity contribution is -0.149. The number of esters is 1. The Kier molecular flexibility index (Phi) is 5.60. The smallest absolute Gasteiger partial charge is 0.310 e. The first kappa shape index (κ1) is 15.0. The van der Waals surface area contributed by atoms with Crippen molar-refractivity contribution in [3.8, 4) is 0 Å². The fourth-order valence-electron chi connectivity index (χ4n) is 2.60. The number of carbonyl (C=O) groups excluding carboxylic acids is 1. The lowest BCUT2D eigenvalue weighted by Crippen LogP contribution is -2.35. The van der Waals surface area contributed by atoms with Crippen molar-refractivity contribution in [1.29, 1.82) is 0 Å². The highest BCUT2D eigenvalue weighted by atomic mass is 16.5. The van der Waals surface area contributed by atoms with Crippen LogP contribution in [0.15, 0.2) is 30.3 Å². The van der Waals surface area contributed by atoms with Gasteiger partial charge in [-0.15, -0.1) is 0 Å². The van der Waals surface area contributed by atoms with Gasteiger partial charge in [0, 0.05) is 13.1 Å². The van der Waals surface area contributed by atoms with E-state index in [1.54, 1.807) is 0 Å². The molecule has 0 spiro atoms. The van der Waals surface area contributed by atoms with Crippen molar-refractivity contribution < 1.29 is 9.53 Å². The molecule has 0 bridgehead atoms. The second-order valence-corrected chi connectivity index (χ2v) is 6.01. The molecular weight excluding hydrogens is 250 g/mol. The molecule has 1 aliphatic rings. The zero-order chi connectivity index (χ0) is 14.4. The van der Waals surface area contributed by atoms with Gasteiger partial charge in [-0.3, -0.25) is 4.79 Å². The molecule has 20 heavy (non-hydrogen) atoms. The molecule has 0 aliphatic heterocycles. The molecule has 0 N–H and O–H groups in total. The number of hydrogen-bond donors (Lipinski definition) is 0. The van der Waals surface area contributed by atoms with Crippen molar-refractivity contribution in [2.75, 3.05) is 20.1 Å². The van der Waals surface area contributed by atoms with Crippen LogP contribution in [-0.4, -0.2) is 31.0 Å². The maximum Gasteiger partial charge on any atom is 0.310 e. The second kappa shape index (κ2) is 7.44. The Morgan fingerprint density at radius 1 is 1.35 bits per heavy atom. The van der Waals surface area contributed by atoms with Gasteiger partial charge < -0.3 is 9.64 Å². The number of nitrogens with zero attached hydrogens (tertiary/aromatic N) is 1. The molecule has 110 valence electrons. The Balaban J connectivity index is 1.68. The molecule has 1 atom stereocenters. The quantitative estimate of drug-likeness (QED) is 0.716. The normalized spacial score (nSPS) is 16.8. The van der Waals surface area contributed by atoms with Gasteiger partial charge in [-0.1, -0.05) is 43.7 Å². The topological polar surface area (TPSA) is 29.5 Å². The average molecular weight is 275 g/mol. The van der Waals surface area contributed by atoms with Crippen molar-refractivity contribution in [1.82, 2.24) is 4.90 Å². The third kappa shape index (κ3) is 4.64. The minimum atomic E-state index is -0.102. The van der Waals surface area contributed by atoms with E-state index in [9.17, 15) is 4.79 Å². The number of ether oxygens (including phenoxy) is 1. The molecule has 1 saturated carbocycles. The highest BCUT2D eigenvalue weighted by Crippen LogP contribution is 2.26. The van der Waals surface area contributed by atoms with E-state index in [1.165, 1.54) is 19.3 Å². The lowest BCUT2D eigenvalue weighted by Gasteiger charge is -2.31. The molecule has 1 aromatic carbocycles. The van der Waals surface area contributed by atoms with Crippen molar-refractivity contribution >= 4 is 5.97 Å². The van der Waals surface area contributed by atoms with Gasteiger partial charge in [-0.25, -0.2) is 0 Å². The Bertz CT molecular complexity index is 414. The van der Waals surface area contributed by atoms with Crippen LogP contribution in [-0.2, 0) is 16.1 Å². The molecule has 0 saturated heterocycles. The number of benzene rings is 1. The van der Waals surface area contributed by atoms with E-state index in [-0.39, 0.29) is 11.9 Å². The summed E-state index contributed by atoms with van der Waals surface area (Å²) in [6.07, 6.45) is 4.06. The average Bonchev–Trinajstić information content (AvgIpc) is 2.41. The van der Waals surface area contributed by atoms with Crippen LogP contribution in [0.3, 0.4) is 0 Å². The highest BCUT2D eigenvalue weighted by molar-refractivity contribution is 5.72. The van der Waals surface area contributed by atoms with E-state index in [1.807, 2.05) is 37.3 Å². The summed E-state index contributed by atoms with van der Waals surface area (Å²) in [5.41, 5.74) is 1.04. The van der Waals surface area contributed by atoms with E-state index in [2.05, 4.69) is 11.9 Å². The number of hydrogen-bond acceptors (Lipinski definition) is 3. The summed E-state index contributed by atoms with van der Waals surface area (Å²) in [6.45, 7) is 4.21. The maximum atomic E-state index is 12.0. The van der Waals surface area contributed by atoms with Crippen molar-refractivity contribution in [2.45, 2.75) is 32.8 Å². The summed E-state index contributed by atoms with van der Waals surface area (Å²) in [6, 6.07) is 9.82. The van der Waals surface area contributed by atoms with Crippen LogP contribution < -0.4 is 0 Å². The van der Waals surface area contributed by atoms with Crippen LogP contribution >= 0.6 is 0 Å². The van der Waals surface area contributed by atoms with Crippen LogP contribution in [0.2, 0.25) is 0 Å². The van der Waals surface area contributed by atoms with Gasteiger partial charge >= 0.3 is 5.97 Å². The first-order valence-corrected chi connectivity index (χ1v) is 7.54. The number of rotatable bonds is 7. The van der Waals surface area contributed by atoms with Crippen molar-refractivity contribution in [2.24, 2.45) is 11.8 Å².